The van der Waals surface area contributed by atoms with Crippen LogP contribution in [0.5, 0.6) is 0 Å². The van der Waals surface area contributed by atoms with Gasteiger partial charge in [0.1, 0.15) is 0 Å². The van der Waals surface area contributed by atoms with E-state index < -0.39 is 0 Å². The highest BCUT2D eigenvalue weighted by molar-refractivity contribution is 5.97. The van der Waals surface area contributed by atoms with Crippen molar-refractivity contribution in [3.05, 3.63) is 29.1 Å². The predicted molar refractivity (Wildman–Crippen MR) is 46.2 cm³/mol. The summed E-state index contributed by atoms with van der Waals surface area (Å²) in [6.07, 6.45) is 0. The van der Waals surface area contributed by atoms with Gasteiger partial charge in [-0.1, -0.05) is 5.16 Å². The number of aryl methyl sites for hydroxylation is 2. The van der Waals surface area contributed by atoms with Crippen LogP contribution in [0.4, 0.5) is 0 Å². The van der Waals surface area contributed by atoms with Gasteiger partial charge in [-0.15, -0.1) is 0 Å². The van der Waals surface area contributed by atoms with Gasteiger partial charge in [0, 0.05) is 17.0 Å². The lowest BCUT2D eigenvalue weighted by Gasteiger charge is -2.01. The molecule has 4 heteroatoms. The van der Waals surface area contributed by atoms with Gasteiger partial charge < -0.3 is 10.9 Å². The molecule has 0 bridgehead atoms. The van der Waals surface area contributed by atoms with Gasteiger partial charge in [-0.25, -0.2) is 0 Å². The molecule has 0 saturated heterocycles. The number of rotatable bonds is 1. The van der Waals surface area contributed by atoms with Crippen molar-refractivity contribution in [2.75, 3.05) is 0 Å². The Hall–Kier alpha value is -1.58. The number of nitrogens with zero attached hydrogens (tertiary/aromatic N) is 2. The van der Waals surface area contributed by atoms with E-state index in [1.165, 1.54) is 0 Å². The minimum atomic E-state index is 0.114. The normalized spacial score (nSPS) is 11.7. The van der Waals surface area contributed by atoms with E-state index in [0.29, 0.717) is 5.56 Å². The Balaban J connectivity index is 3.17. The molecule has 0 aliphatic heterocycles. The number of aromatic nitrogens is 1. The zero-order valence-electron chi connectivity index (χ0n) is 7.07. The highest BCUT2D eigenvalue weighted by atomic mass is 16.4. The molecule has 0 spiro atoms. The summed E-state index contributed by atoms with van der Waals surface area (Å²) in [6.45, 7) is 3.72. The maximum absolute atomic E-state index is 8.41. The molecule has 0 aromatic carbocycles. The maximum Gasteiger partial charge on any atom is 0.170 e. The van der Waals surface area contributed by atoms with Crippen LogP contribution in [-0.2, 0) is 0 Å². The van der Waals surface area contributed by atoms with Crippen LogP contribution in [0.25, 0.3) is 0 Å². The topological polar surface area (TPSA) is 71.5 Å². The van der Waals surface area contributed by atoms with Crippen molar-refractivity contribution in [1.29, 1.82) is 0 Å². The third-order valence-corrected chi connectivity index (χ3v) is 1.48. The summed E-state index contributed by atoms with van der Waals surface area (Å²) in [5, 5.41) is 11.3. The van der Waals surface area contributed by atoms with Crippen molar-refractivity contribution in [1.82, 2.24) is 4.98 Å². The molecule has 1 heterocycles. The Kier molecular flexibility index (Phi) is 2.28. The molecule has 0 unspecified atom stereocenters. The summed E-state index contributed by atoms with van der Waals surface area (Å²) in [6, 6.07) is 3.53. The molecular weight excluding hydrogens is 154 g/mol. The van der Waals surface area contributed by atoms with Gasteiger partial charge >= 0.3 is 0 Å². The van der Waals surface area contributed by atoms with Crippen LogP contribution in [0, 0.1) is 13.8 Å². The minimum absolute atomic E-state index is 0.114. The van der Waals surface area contributed by atoms with Crippen LogP contribution in [0.2, 0.25) is 0 Å². The zero-order chi connectivity index (χ0) is 9.14. The van der Waals surface area contributed by atoms with Crippen LogP contribution in [0.1, 0.15) is 17.0 Å². The van der Waals surface area contributed by atoms with Gasteiger partial charge in [0.05, 0.1) is 0 Å². The molecule has 64 valence electrons. The highest BCUT2D eigenvalue weighted by Gasteiger charge is 2.00. The number of hydrogen-bond donors (Lipinski definition) is 2. The largest absolute Gasteiger partial charge is 0.409 e. The molecule has 0 radical (unpaired) electrons. The molecule has 4 nitrogen and oxygen atoms in total. The summed E-state index contributed by atoms with van der Waals surface area (Å²) in [4.78, 5) is 4.16. The van der Waals surface area contributed by atoms with E-state index in [4.69, 9.17) is 10.9 Å². The molecule has 0 saturated carbocycles. The van der Waals surface area contributed by atoms with E-state index >= 15 is 0 Å². The van der Waals surface area contributed by atoms with Crippen LogP contribution in [-0.4, -0.2) is 16.0 Å². The average Bonchev–Trinajstić information content (AvgIpc) is 2.01. The van der Waals surface area contributed by atoms with E-state index in [1.807, 2.05) is 13.8 Å². The van der Waals surface area contributed by atoms with Gasteiger partial charge in [-0.05, 0) is 26.0 Å². The fourth-order valence-electron chi connectivity index (χ4n) is 1.04. The van der Waals surface area contributed by atoms with Crippen molar-refractivity contribution in [2.24, 2.45) is 10.9 Å². The van der Waals surface area contributed by atoms with Crippen LogP contribution in [0.15, 0.2) is 17.3 Å². The van der Waals surface area contributed by atoms with Crippen molar-refractivity contribution >= 4 is 5.84 Å². The van der Waals surface area contributed by atoms with E-state index in [1.54, 1.807) is 12.1 Å². The Morgan fingerprint density at radius 1 is 1.42 bits per heavy atom. The lowest BCUT2D eigenvalue weighted by molar-refractivity contribution is 0.318. The van der Waals surface area contributed by atoms with Gasteiger partial charge in [-0.3, -0.25) is 4.98 Å². The Bertz CT molecular complexity index is 300. The van der Waals surface area contributed by atoms with Gasteiger partial charge in [0.25, 0.3) is 0 Å². The standard InChI is InChI=1S/C8H11N3O/c1-5-3-7(8(9)11-12)4-6(2)10-5/h3-4,12H,1-2H3,(H2,9,11). The molecule has 0 fully saturated rings. The number of amidine groups is 1. The SMILES string of the molecule is Cc1cc(/C(N)=N/O)cc(C)n1. The van der Waals surface area contributed by atoms with Crippen molar-refractivity contribution in [3.63, 3.8) is 0 Å². The lowest BCUT2D eigenvalue weighted by Crippen LogP contribution is -2.13. The summed E-state index contributed by atoms with van der Waals surface area (Å²) in [5.74, 6) is 0.114. The molecule has 1 rings (SSSR count). The highest BCUT2D eigenvalue weighted by Crippen LogP contribution is 2.03. The lowest BCUT2D eigenvalue weighted by atomic mass is 10.2. The van der Waals surface area contributed by atoms with Crippen LogP contribution >= 0.6 is 0 Å². The minimum Gasteiger partial charge on any atom is -0.409 e. The summed E-state index contributed by atoms with van der Waals surface area (Å²) in [7, 11) is 0. The van der Waals surface area contributed by atoms with Gasteiger partial charge in [-0.2, -0.15) is 0 Å². The van der Waals surface area contributed by atoms with Crippen molar-refractivity contribution in [3.8, 4) is 0 Å². The molecule has 1 aromatic rings. The van der Waals surface area contributed by atoms with E-state index in [-0.39, 0.29) is 5.84 Å². The molecule has 0 amide bonds. The van der Waals surface area contributed by atoms with Crippen LogP contribution in [0.3, 0.4) is 0 Å². The quantitative estimate of drug-likeness (QED) is 0.280. The molecule has 12 heavy (non-hydrogen) atoms. The smallest absolute Gasteiger partial charge is 0.170 e. The maximum atomic E-state index is 8.41. The molecule has 0 aliphatic rings. The molecule has 0 atom stereocenters. The number of pyridine rings is 1. The van der Waals surface area contributed by atoms with Crippen LogP contribution < -0.4 is 5.73 Å². The molecular formula is C8H11N3O. The van der Waals surface area contributed by atoms with Gasteiger partial charge in [0.15, 0.2) is 5.84 Å². The first-order valence-corrected chi connectivity index (χ1v) is 3.56. The van der Waals surface area contributed by atoms with Gasteiger partial charge in [0.2, 0.25) is 0 Å². The second-order valence-corrected chi connectivity index (χ2v) is 2.62. The summed E-state index contributed by atoms with van der Waals surface area (Å²) >= 11 is 0. The Morgan fingerprint density at radius 2 is 1.92 bits per heavy atom. The molecule has 0 aliphatic carbocycles. The number of oxime groups is 1. The van der Waals surface area contributed by atoms with E-state index in [0.717, 1.165) is 11.4 Å². The third kappa shape index (κ3) is 1.72. The average molecular weight is 165 g/mol. The van der Waals surface area contributed by atoms with Crippen molar-refractivity contribution in [2.45, 2.75) is 13.8 Å². The summed E-state index contributed by atoms with van der Waals surface area (Å²) < 4.78 is 0. The monoisotopic (exact) mass is 165 g/mol. The predicted octanol–water partition coefficient (Wildman–Crippen LogP) is 0.793. The molecule has 3 N–H and O–H groups in total. The zero-order valence-corrected chi connectivity index (χ0v) is 7.07. The second kappa shape index (κ2) is 3.21. The fraction of sp³-hybridized carbons (Fsp3) is 0.250. The number of nitrogens with two attached hydrogens (primary N) is 1. The summed E-state index contributed by atoms with van der Waals surface area (Å²) in [5.41, 5.74) is 7.82. The Labute approximate surface area is 70.7 Å². The fourth-order valence-corrected chi connectivity index (χ4v) is 1.04. The number of hydrogen-bond acceptors (Lipinski definition) is 3. The van der Waals surface area contributed by atoms with Crippen molar-refractivity contribution < 1.29 is 5.21 Å². The molecule has 1 aromatic heterocycles. The van der Waals surface area contributed by atoms with E-state index in [9.17, 15) is 0 Å². The first-order chi connectivity index (χ1) is 5.63. The first-order valence-electron chi connectivity index (χ1n) is 3.56. The van der Waals surface area contributed by atoms with E-state index in [2.05, 4.69) is 10.1 Å². The first kappa shape index (κ1) is 8.52. The Morgan fingerprint density at radius 3 is 2.33 bits per heavy atom. The second-order valence-electron chi connectivity index (χ2n) is 2.62. The third-order valence-electron chi connectivity index (χ3n) is 1.48.